The van der Waals surface area contributed by atoms with Crippen LogP contribution >= 0.6 is 0 Å². The van der Waals surface area contributed by atoms with Crippen molar-refractivity contribution in [3.8, 4) is 0 Å². The van der Waals surface area contributed by atoms with Crippen molar-refractivity contribution >= 4 is 11.8 Å². The maximum absolute atomic E-state index is 12.3. The largest absolute Gasteiger partial charge is 0.619 e. The molecule has 0 aromatic carbocycles. The molecule has 2 aromatic rings. The minimum Gasteiger partial charge on any atom is -0.619 e. The lowest BCUT2D eigenvalue weighted by molar-refractivity contribution is -0.605. The molecule has 7 heteroatoms. The molecule has 0 saturated heterocycles. The van der Waals surface area contributed by atoms with Gasteiger partial charge in [-0.05, 0) is 19.9 Å². The van der Waals surface area contributed by atoms with Crippen LogP contribution in [-0.2, 0) is 16.0 Å². The number of aryl methyl sites for hydroxylation is 1. The highest BCUT2D eigenvalue weighted by Crippen LogP contribution is 2.16. The Kier molecular flexibility index (Phi) is 5.70. The summed E-state index contributed by atoms with van der Waals surface area (Å²) in [5.74, 6) is -0.910. The Bertz CT molecular complexity index is 734. The van der Waals surface area contributed by atoms with E-state index in [9.17, 15) is 14.8 Å². The maximum Gasteiger partial charge on any atom is 0.339 e. The zero-order chi connectivity index (χ0) is 17.7. The van der Waals surface area contributed by atoms with Gasteiger partial charge in [-0.15, -0.1) is 0 Å². The smallest absolute Gasteiger partial charge is 0.339 e. The zero-order valence-electron chi connectivity index (χ0n) is 13.9. The number of hydrogen-bond donors (Lipinski definition) is 0. The van der Waals surface area contributed by atoms with E-state index in [4.69, 9.17) is 9.47 Å². The van der Waals surface area contributed by atoms with Gasteiger partial charge in [-0.25, -0.2) is 4.79 Å². The fraction of sp³-hybridized carbons (Fsp3) is 0.353. The molecular formula is C17H20N2O5. The van der Waals surface area contributed by atoms with Crippen LogP contribution in [0.15, 0.2) is 30.6 Å². The van der Waals surface area contributed by atoms with Crippen molar-refractivity contribution in [3.05, 3.63) is 58.3 Å². The third-order valence-corrected chi connectivity index (χ3v) is 3.77. The number of ketones is 1. The summed E-state index contributed by atoms with van der Waals surface area (Å²) in [4.78, 5) is 24.2. The van der Waals surface area contributed by atoms with Gasteiger partial charge in [0.05, 0.1) is 12.2 Å². The van der Waals surface area contributed by atoms with E-state index in [2.05, 4.69) is 0 Å². The van der Waals surface area contributed by atoms with Gasteiger partial charge in [-0.2, -0.15) is 4.73 Å². The molecule has 2 aromatic heterocycles. The normalized spacial score (nSPS) is 10.6. The quantitative estimate of drug-likeness (QED) is 0.331. The average Bonchev–Trinajstić information content (AvgIpc) is 2.85. The van der Waals surface area contributed by atoms with Gasteiger partial charge in [0.1, 0.15) is 0 Å². The Morgan fingerprint density at radius 3 is 2.54 bits per heavy atom. The first-order valence-corrected chi connectivity index (χ1v) is 7.49. The second kappa shape index (κ2) is 7.74. The molecule has 24 heavy (non-hydrogen) atoms. The summed E-state index contributed by atoms with van der Waals surface area (Å²) in [7, 11) is 1.62. The van der Waals surface area contributed by atoms with E-state index < -0.39 is 5.97 Å². The molecule has 2 rings (SSSR count). The van der Waals surface area contributed by atoms with Crippen molar-refractivity contribution in [2.75, 3.05) is 20.3 Å². The summed E-state index contributed by atoms with van der Waals surface area (Å²) in [6.07, 6.45) is 2.39. The summed E-state index contributed by atoms with van der Waals surface area (Å²) in [5, 5.41) is 10.9. The van der Waals surface area contributed by atoms with Crippen molar-refractivity contribution < 1.29 is 23.8 Å². The van der Waals surface area contributed by atoms with Crippen LogP contribution in [0.1, 0.15) is 32.1 Å². The van der Waals surface area contributed by atoms with Crippen molar-refractivity contribution in [2.45, 2.75) is 20.4 Å². The van der Waals surface area contributed by atoms with Crippen LogP contribution in [0.4, 0.5) is 0 Å². The van der Waals surface area contributed by atoms with Crippen LogP contribution in [-0.4, -0.2) is 36.6 Å². The third-order valence-electron chi connectivity index (χ3n) is 3.77. The molecule has 0 saturated carbocycles. The fourth-order valence-electron chi connectivity index (χ4n) is 2.45. The van der Waals surface area contributed by atoms with Crippen LogP contribution in [0.3, 0.4) is 0 Å². The van der Waals surface area contributed by atoms with Gasteiger partial charge in [0.2, 0.25) is 5.78 Å². The molecule has 0 atom stereocenters. The number of pyridine rings is 1. The lowest BCUT2D eigenvalue weighted by Gasteiger charge is -2.09. The Morgan fingerprint density at radius 2 is 1.92 bits per heavy atom. The lowest BCUT2D eigenvalue weighted by Crippen LogP contribution is -2.24. The van der Waals surface area contributed by atoms with Gasteiger partial charge >= 0.3 is 5.97 Å². The standard InChI is InChI=1S/C17H20N2O5/c1-12-10-15(13(2)19(12)8-9-23-3)16(20)11-24-17(21)14-4-6-18(22)7-5-14/h4-7,10H,8-9,11H2,1-3H3. The monoisotopic (exact) mass is 332 g/mol. The number of Topliss-reactive ketones (excluding diaryl/α,β-unsaturated/α-hetero) is 1. The van der Waals surface area contributed by atoms with E-state index >= 15 is 0 Å². The third kappa shape index (κ3) is 3.99. The number of ether oxygens (including phenoxy) is 2. The van der Waals surface area contributed by atoms with E-state index in [0.717, 1.165) is 11.4 Å². The van der Waals surface area contributed by atoms with Crippen molar-refractivity contribution in [1.82, 2.24) is 4.57 Å². The minimum absolute atomic E-state index is 0.223. The molecule has 0 fully saturated rings. The molecule has 128 valence electrons. The van der Waals surface area contributed by atoms with Gasteiger partial charge in [0.25, 0.3) is 0 Å². The molecule has 0 spiro atoms. The van der Waals surface area contributed by atoms with Crippen LogP contribution in [0, 0.1) is 19.1 Å². The predicted octanol–water partition coefficient (Wildman–Crippen LogP) is 1.42. The molecule has 0 unspecified atom stereocenters. The number of nitrogens with zero attached hydrogens (tertiary/aromatic N) is 2. The van der Waals surface area contributed by atoms with Crippen LogP contribution < -0.4 is 4.73 Å². The minimum atomic E-state index is -0.642. The highest BCUT2D eigenvalue weighted by Gasteiger charge is 2.18. The SMILES string of the molecule is COCCn1c(C)cc(C(=O)COC(=O)c2cc[n+]([O-])cc2)c1C. The summed E-state index contributed by atoms with van der Waals surface area (Å²) in [5.41, 5.74) is 2.52. The Morgan fingerprint density at radius 1 is 1.25 bits per heavy atom. The number of carbonyl (C=O) groups is 2. The topological polar surface area (TPSA) is 84.5 Å². The number of carbonyl (C=O) groups excluding carboxylic acids is 2. The average molecular weight is 332 g/mol. The maximum atomic E-state index is 12.3. The van der Waals surface area contributed by atoms with Gasteiger partial charge < -0.3 is 19.2 Å². The molecule has 0 bridgehead atoms. The molecule has 0 aliphatic heterocycles. The van der Waals surface area contributed by atoms with Gasteiger partial charge in [-0.1, -0.05) is 0 Å². The van der Waals surface area contributed by atoms with Crippen LogP contribution in [0.2, 0.25) is 0 Å². The Balaban J connectivity index is 2.02. The van der Waals surface area contributed by atoms with Crippen molar-refractivity contribution in [3.63, 3.8) is 0 Å². The molecule has 2 heterocycles. The lowest BCUT2D eigenvalue weighted by atomic mass is 10.1. The molecule has 0 aliphatic carbocycles. The summed E-state index contributed by atoms with van der Waals surface area (Å²) >= 11 is 0. The number of methoxy groups -OCH3 is 1. The molecule has 0 N–H and O–H groups in total. The first kappa shape index (κ1) is 17.7. The Hall–Kier alpha value is -2.67. The first-order valence-electron chi connectivity index (χ1n) is 7.49. The summed E-state index contributed by atoms with van der Waals surface area (Å²) in [6.45, 7) is 4.61. The number of hydrogen-bond acceptors (Lipinski definition) is 5. The van der Waals surface area contributed by atoms with Gasteiger partial charge in [-0.3, -0.25) is 4.79 Å². The summed E-state index contributed by atoms with van der Waals surface area (Å²) < 4.78 is 12.7. The van der Waals surface area contributed by atoms with E-state index in [1.807, 2.05) is 18.4 Å². The molecule has 7 nitrogen and oxygen atoms in total. The fourth-order valence-corrected chi connectivity index (χ4v) is 2.45. The van der Waals surface area contributed by atoms with E-state index in [0.29, 0.717) is 23.4 Å². The molecule has 0 aliphatic rings. The van der Waals surface area contributed by atoms with Crippen LogP contribution in [0.25, 0.3) is 0 Å². The zero-order valence-corrected chi connectivity index (χ0v) is 13.9. The molecular weight excluding hydrogens is 312 g/mol. The highest BCUT2D eigenvalue weighted by molar-refractivity contribution is 6.00. The Labute approximate surface area is 140 Å². The van der Waals surface area contributed by atoms with E-state index in [1.165, 1.54) is 24.5 Å². The number of esters is 1. The second-order valence-electron chi connectivity index (χ2n) is 5.38. The molecule has 0 radical (unpaired) electrons. The second-order valence-corrected chi connectivity index (χ2v) is 5.38. The summed E-state index contributed by atoms with van der Waals surface area (Å²) in [6, 6.07) is 4.47. The number of rotatable bonds is 7. The number of aromatic nitrogens is 2. The van der Waals surface area contributed by atoms with E-state index in [1.54, 1.807) is 13.2 Å². The van der Waals surface area contributed by atoms with E-state index in [-0.39, 0.29) is 18.0 Å². The highest BCUT2D eigenvalue weighted by atomic mass is 16.5. The van der Waals surface area contributed by atoms with Gasteiger partial charge in [0, 0.05) is 42.7 Å². The molecule has 0 amide bonds. The predicted molar refractivity (Wildman–Crippen MR) is 85.8 cm³/mol. The van der Waals surface area contributed by atoms with Crippen molar-refractivity contribution in [1.29, 1.82) is 0 Å². The first-order chi connectivity index (χ1) is 11.4. The van der Waals surface area contributed by atoms with Crippen LogP contribution in [0.5, 0.6) is 0 Å². The van der Waals surface area contributed by atoms with Crippen molar-refractivity contribution in [2.24, 2.45) is 0 Å². The van der Waals surface area contributed by atoms with Gasteiger partial charge in [0.15, 0.2) is 19.0 Å².